The first kappa shape index (κ1) is 22.2. The molecule has 2 heterocycles. The van der Waals surface area contributed by atoms with Crippen LogP contribution in [0.25, 0.3) is 5.76 Å². The van der Waals surface area contributed by atoms with Crippen LogP contribution in [-0.2, 0) is 9.59 Å². The van der Waals surface area contributed by atoms with E-state index in [1.54, 1.807) is 55.5 Å². The molecule has 7 heteroatoms. The monoisotopic (exact) mass is 443 g/mol. The Morgan fingerprint density at radius 1 is 1.00 bits per heavy atom. The van der Waals surface area contributed by atoms with Crippen LogP contribution in [0.15, 0.2) is 66.2 Å². The van der Waals surface area contributed by atoms with Gasteiger partial charge in [-0.1, -0.05) is 42.0 Å². The van der Waals surface area contributed by atoms with Gasteiger partial charge in [-0.25, -0.2) is 0 Å². The van der Waals surface area contributed by atoms with E-state index in [2.05, 4.69) is 10.2 Å². The maximum Gasteiger partial charge on any atom is 0.301 e. The van der Waals surface area contributed by atoms with E-state index >= 15 is 0 Å². The van der Waals surface area contributed by atoms with Crippen LogP contribution in [0.3, 0.4) is 0 Å². The summed E-state index contributed by atoms with van der Waals surface area (Å²) >= 11 is 0. The number of nitrogens with zero attached hydrogens (tertiary/aromatic N) is 3. The number of benzene rings is 2. The number of carbonyl (C=O) groups is 2. The van der Waals surface area contributed by atoms with E-state index in [1.807, 2.05) is 32.9 Å². The molecule has 0 spiro atoms. The average Bonchev–Trinajstić information content (AvgIpc) is 3.05. The molecule has 0 bridgehead atoms. The highest BCUT2D eigenvalue weighted by Crippen LogP contribution is 2.42. The van der Waals surface area contributed by atoms with E-state index < -0.39 is 17.7 Å². The largest absolute Gasteiger partial charge is 0.507 e. The van der Waals surface area contributed by atoms with Crippen molar-refractivity contribution in [3.63, 3.8) is 0 Å². The fraction of sp³-hybridized carbons (Fsp3) is 0.231. The number of aliphatic hydroxyl groups is 1. The van der Waals surface area contributed by atoms with Gasteiger partial charge in [-0.2, -0.15) is 5.10 Å². The third-order valence-electron chi connectivity index (χ3n) is 5.35. The standard InChI is InChI=1S/C26H25N3O4/c1-15(2)33-20-7-5-6-19(14-20)23-22(24(30)18-11-8-16(3)9-12-18)25(31)26(32)29(23)21-13-10-17(4)27-28-21/h5-15,23,30H,1-4H3/b24-22-. The highest BCUT2D eigenvalue weighted by Gasteiger charge is 2.47. The van der Waals surface area contributed by atoms with Gasteiger partial charge in [0, 0.05) is 5.56 Å². The summed E-state index contributed by atoms with van der Waals surface area (Å²) in [5.41, 5.74) is 2.75. The predicted octanol–water partition coefficient (Wildman–Crippen LogP) is 4.51. The van der Waals surface area contributed by atoms with Crippen LogP contribution in [0.4, 0.5) is 5.82 Å². The second kappa shape index (κ2) is 8.86. The molecular weight excluding hydrogens is 418 g/mol. The number of amides is 1. The first-order chi connectivity index (χ1) is 15.8. The molecule has 1 unspecified atom stereocenters. The molecule has 0 aliphatic carbocycles. The summed E-state index contributed by atoms with van der Waals surface area (Å²) in [6.45, 7) is 7.54. The van der Waals surface area contributed by atoms with Gasteiger partial charge in [0.25, 0.3) is 5.78 Å². The average molecular weight is 444 g/mol. The maximum atomic E-state index is 13.2. The normalized spacial score (nSPS) is 17.6. The second-order valence-corrected chi connectivity index (χ2v) is 8.31. The van der Waals surface area contributed by atoms with E-state index in [1.165, 1.54) is 4.90 Å². The minimum absolute atomic E-state index is 0.00655. The Hall–Kier alpha value is -4.00. The lowest BCUT2D eigenvalue weighted by Gasteiger charge is -2.24. The summed E-state index contributed by atoms with van der Waals surface area (Å²) in [6.07, 6.45) is -0.0536. The summed E-state index contributed by atoms with van der Waals surface area (Å²) in [7, 11) is 0. The Bertz CT molecular complexity index is 1230. The molecular formula is C26H25N3O4. The van der Waals surface area contributed by atoms with Gasteiger partial charge >= 0.3 is 5.91 Å². The summed E-state index contributed by atoms with van der Waals surface area (Å²) in [5, 5.41) is 19.4. The fourth-order valence-corrected chi connectivity index (χ4v) is 3.80. The lowest BCUT2D eigenvalue weighted by Crippen LogP contribution is -2.30. The number of Topliss-reactive ketones (excluding diaryl/α,β-unsaturated/α-hetero) is 1. The zero-order valence-electron chi connectivity index (χ0n) is 18.9. The van der Waals surface area contributed by atoms with Crippen molar-refractivity contribution in [2.45, 2.75) is 39.8 Å². The number of rotatable bonds is 5. The number of carbonyl (C=O) groups excluding carboxylic acids is 2. The topological polar surface area (TPSA) is 92.6 Å². The van der Waals surface area contributed by atoms with Crippen LogP contribution >= 0.6 is 0 Å². The van der Waals surface area contributed by atoms with Crippen molar-refractivity contribution >= 4 is 23.3 Å². The Morgan fingerprint density at radius 2 is 1.73 bits per heavy atom. The van der Waals surface area contributed by atoms with E-state index in [4.69, 9.17) is 4.74 Å². The Labute approximate surface area is 192 Å². The number of hydrogen-bond donors (Lipinski definition) is 1. The number of aliphatic hydroxyl groups excluding tert-OH is 1. The third kappa shape index (κ3) is 4.35. The SMILES string of the molecule is Cc1ccc(/C(O)=C2/C(=O)C(=O)N(c3ccc(C)nn3)C2c2cccc(OC(C)C)c2)cc1. The molecule has 3 aromatic rings. The van der Waals surface area contributed by atoms with Gasteiger partial charge in [-0.3, -0.25) is 14.5 Å². The number of ketones is 1. The molecule has 1 saturated heterocycles. The van der Waals surface area contributed by atoms with Gasteiger partial charge in [-0.05, 0) is 57.5 Å². The van der Waals surface area contributed by atoms with Crippen LogP contribution in [0.2, 0.25) is 0 Å². The zero-order chi connectivity index (χ0) is 23.7. The summed E-state index contributed by atoms with van der Waals surface area (Å²) in [5.74, 6) is -0.974. The van der Waals surface area contributed by atoms with Gasteiger partial charge in [0.15, 0.2) is 5.82 Å². The molecule has 1 atom stereocenters. The molecule has 1 aromatic heterocycles. The fourth-order valence-electron chi connectivity index (χ4n) is 3.80. The first-order valence-corrected chi connectivity index (χ1v) is 10.7. The minimum Gasteiger partial charge on any atom is -0.507 e. The highest BCUT2D eigenvalue weighted by atomic mass is 16.5. The van der Waals surface area contributed by atoms with Crippen molar-refractivity contribution in [1.29, 1.82) is 0 Å². The highest BCUT2D eigenvalue weighted by molar-refractivity contribution is 6.51. The predicted molar refractivity (Wildman–Crippen MR) is 125 cm³/mol. The van der Waals surface area contributed by atoms with Gasteiger partial charge in [0.2, 0.25) is 0 Å². The van der Waals surface area contributed by atoms with Crippen LogP contribution in [0, 0.1) is 13.8 Å². The van der Waals surface area contributed by atoms with Crippen molar-refractivity contribution in [3.8, 4) is 5.75 Å². The molecule has 1 amide bonds. The summed E-state index contributed by atoms with van der Waals surface area (Å²) in [4.78, 5) is 27.6. The van der Waals surface area contributed by atoms with Gasteiger partial charge in [-0.15, -0.1) is 5.10 Å². The Morgan fingerprint density at radius 3 is 2.36 bits per heavy atom. The molecule has 1 aliphatic heterocycles. The van der Waals surface area contributed by atoms with E-state index in [-0.39, 0.29) is 23.3 Å². The quantitative estimate of drug-likeness (QED) is 0.354. The Balaban J connectivity index is 1.92. The number of ether oxygens (including phenoxy) is 1. The van der Waals surface area contributed by atoms with Crippen molar-refractivity contribution in [3.05, 3.63) is 88.6 Å². The summed E-state index contributed by atoms with van der Waals surface area (Å²) in [6, 6.07) is 16.7. The number of aromatic nitrogens is 2. The van der Waals surface area contributed by atoms with E-state index in [9.17, 15) is 14.7 Å². The second-order valence-electron chi connectivity index (χ2n) is 8.31. The number of hydrogen-bond acceptors (Lipinski definition) is 6. The minimum atomic E-state index is -0.890. The third-order valence-corrected chi connectivity index (χ3v) is 5.35. The van der Waals surface area contributed by atoms with E-state index in [0.29, 0.717) is 22.6 Å². The van der Waals surface area contributed by atoms with Crippen LogP contribution in [0.1, 0.15) is 42.3 Å². The maximum absolute atomic E-state index is 13.2. The van der Waals surface area contributed by atoms with E-state index in [0.717, 1.165) is 5.56 Å². The number of aryl methyl sites for hydroxylation is 2. The molecule has 1 aliphatic rings. The van der Waals surface area contributed by atoms with Crippen LogP contribution < -0.4 is 9.64 Å². The molecule has 1 fully saturated rings. The van der Waals surface area contributed by atoms with Crippen molar-refractivity contribution < 1.29 is 19.4 Å². The molecule has 0 radical (unpaired) electrons. The molecule has 0 saturated carbocycles. The molecule has 7 nitrogen and oxygen atoms in total. The van der Waals surface area contributed by atoms with Gasteiger partial charge in [0.1, 0.15) is 11.5 Å². The molecule has 2 aromatic carbocycles. The summed E-state index contributed by atoms with van der Waals surface area (Å²) < 4.78 is 5.82. The lowest BCUT2D eigenvalue weighted by atomic mass is 9.95. The molecule has 1 N–H and O–H groups in total. The van der Waals surface area contributed by atoms with Crippen LogP contribution in [0.5, 0.6) is 5.75 Å². The van der Waals surface area contributed by atoms with Gasteiger partial charge in [0.05, 0.1) is 23.4 Å². The Kier molecular flexibility index (Phi) is 5.96. The molecule has 4 rings (SSSR count). The van der Waals surface area contributed by atoms with Gasteiger partial charge < -0.3 is 9.84 Å². The van der Waals surface area contributed by atoms with Crippen molar-refractivity contribution in [2.75, 3.05) is 4.90 Å². The van der Waals surface area contributed by atoms with Crippen molar-refractivity contribution in [2.24, 2.45) is 0 Å². The number of anilines is 1. The zero-order valence-corrected chi connectivity index (χ0v) is 18.9. The van der Waals surface area contributed by atoms with Crippen molar-refractivity contribution in [1.82, 2.24) is 10.2 Å². The first-order valence-electron chi connectivity index (χ1n) is 10.7. The van der Waals surface area contributed by atoms with Crippen LogP contribution in [-0.4, -0.2) is 33.1 Å². The smallest absolute Gasteiger partial charge is 0.301 e. The molecule has 33 heavy (non-hydrogen) atoms. The molecule has 168 valence electrons. The lowest BCUT2D eigenvalue weighted by molar-refractivity contribution is -0.132.